The number of nitro benzene ring substituents is 1. The third-order valence-electron chi connectivity index (χ3n) is 6.09. The Morgan fingerprint density at radius 1 is 1.13 bits per heavy atom. The number of nitro groups is 1. The van der Waals surface area contributed by atoms with E-state index in [1.807, 2.05) is 55.5 Å². The standard InChI is InChI=1S/C27H23ClN6O3S/c1-16-6-5-8-20(14-16)30-25(35)23-17(2)29-26-31-27(38-15-19-7-3-4-9-22(19)28)32-33(26)24(23)18-10-12-21(13-11-18)34(36)37/h3-14,24H,15H2,1-2H3,(H,30,35)(H,29,31,32). The molecule has 1 aliphatic heterocycles. The maximum Gasteiger partial charge on any atom is 0.269 e. The van der Waals surface area contributed by atoms with Crippen LogP contribution in [0, 0.1) is 17.0 Å². The van der Waals surface area contributed by atoms with E-state index in [4.69, 9.17) is 16.7 Å². The van der Waals surface area contributed by atoms with Crippen molar-refractivity contribution >= 4 is 46.6 Å². The summed E-state index contributed by atoms with van der Waals surface area (Å²) in [5.41, 5.74) is 4.31. The molecule has 1 amide bonds. The molecule has 0 spiro atoms. The minimum atomic E-state index is -0.654. The number of fused-ring (bicyclic) bond motifs is 1. The molecule has 0 radical (unpaired) electrons. The van der Waals surface area contributed by atoms with Gasteiger partial charge in [-0.15, -0.1) is 5.10 Å². The second-order valence-electron chi connectivity index (χ2n) is 8.78. The Morgan fingerprint density at radius 2 is 1.89 bits per heavy atom. The number of aromatic nitrogens is 3. The molecule has 5 rings (SSSR count). The molecule has 1 atom stereocenters. The highest BCUT2D eigenvalue weighted by Gasteiger charge is 2.34. The van der Waals surface area contributed by atoms with E-state index in [1.54, 1.807) is 23.7 Å². The fourth-order valence-corrected chi connectivity index (χ4v) is 5.37. The Balaban J connectivity index is 1.51. The SMILES string of the molecule is CC1=C(C(=O)Nc2cccc(C)c2)C(c2ccc([N+](=O)[O-])cc2)n2nc(SCc3ccccc3Cl)nc2N1. The van der Waals surface area contributed by atoms with Crippen LogP contribution in [0.25, 0.3) is 0 Å². The van der Waals surface area contributed by atoms with Crippen LogP contribution in [0.1, 0.15) is 29.7 Å². The number of thioether (sulfide) groups is 1. The van der Waals surface area contributed by atoms with Crippen molar-refractivity contribution in [3.8, 4) is 0 Å². The van der Waals surface area contributed by atoms with Gasteiger partial charge in [0.2, 0.25) is 11.1 Å². The number of benzene rings is 3. The van der Waals surface area contributed by atoms with E-state index in [9.17, 15) is 14.9 Å². The fourth-order valence-electron chi connectivity index (χ4n) is 4.25. The lowest BCUT2D eigenvalue weighted by Crippen LogP contribution is -2.31. The van der Waals surface area contributed by atoms with Crippen molar-refractivity contribution in [1.82, 2.24) is 14.8 Å². The van der Waals surface area contributed by atoms with Gasteiger partial charge in [0.25, 0.3) is 11.6 Å². The lowest BCUT2D eigenvalue weighted by atomic mass is 9.95. The summed E-state index contributed by atoms with van der Waals surface area (Å²) in [4.78, 5) is 29.0. The quantitative estimate of drug-likeness (QED) is 0.157. The van der Waals surface area contributed by atoms with Crippen molar-refractivity contribution in [2.75, 3.05) is 10.6 Å². The first-order valence-electron chi connectivity index (χ1n) is 11.7. The van der Waals surface area contributed by atoms with Gasteiger partial charge >= 0.3 is 0 Å². The number of amides is 1. The first kappa shape index (κ1) is 25.5. The molecule has 1 aliphatic rings. The minimum absolute atomic E-state index is 0.0380. The highest BCUT2D eigenvalue weighted by Crippen LogP contribution is 2.37. The second kappa shape index (κ2) is 10.7. The van der Waals surface area contributed by atoms with Gasteiger partial charge in [-0.3, -0.25) is 14.9 Å². The number of nitrogens with zero attached hydrogens (tertiary/aromatic N) is 4. The molecule has 192 valence electrons. The van der Waals surface area contributed by atoms with E-state index < -0.39 is 11.0 Å². The van der Waals surface area contributed by atoms with Crippen molar-refractivity contribution in [2.24, 2.45) is 0 Å². The smallest absolute Gasteiger partial charge is 0.269 e. The van der Waals surface area contributed by atoms with E-state index >= 15 is 0 Å². The van der Waals surface area contributed by atoms with Crippen LogP contribution in [0.15, 0.2) is 89.2 Å². The minimum Gasteiger partial charge on any atom is -0.328 e. The third kappa shape index (κ3) is 5.27. The predicted octanol–water partition coefficient (Wildman–Crippen LogP) is 6.37. The Morgan fingerprint density at radius 3 is 2.61 bits per heavy atom. The van der Waals surface area contributed by atoms with E-state index in [0.29, 0.717) is 44.4 Å². The monoisotopic (exact) mass is 546 g/mol. The van der Waals surface area contributed by atoms with Gasteiger partial charge < -0.3 is 10.6 Å². The van der Waals surface area contributed by atoms with Crippen molar-refractivity contribution in [3.05, 3.63) is 116 Å². The molecule has 2 N–H and O–H groups in total. The first-order chi connectivity index (χ1) is 18.3. The van der Waals surface area contributed by atoms with Gasteiger partial charge in [0.1, 0.15) is 6.04 Å². The zero-order chi connectivity index (χ0) is 26.8. The number of rotatable bonds is 7. The molecular formula is C27H23ClN6O3S. The van der Waals surface area contributed by atoms with Crippen LogP contribution in [-0.4, -0.2) is 25.6 Å². The number of nitrogens with one attached hydrogen (secondary N) is 2. The fraction of sp³-hybridized carbons (Fsp3) is 0.148. The van der Waals surface area contributed by atoms with E-state index in [2.05, 4.69) is 15.6 Å². The van der Waals surface area contributed by atoms with E-state index in [1.165, 1.54) is 23.9 Å². The number of non-ortho nitro benzene ring substituents is 1. The summed E-state index contributed by atoms with van der Waals surface area (Å²) in [7, 11) is 0. The number of halogens is 1. The summed E-state index contributed by atoms with van der Waals surface area (Å²) < 4.78 is 1.65. The molecule has 0 aliphatic carbocycles. The van der Waals surface area contributed by atoms with Crippen LogP contribution in [0.4, 0.5) is 17.3 Å². The number of aryl methyl sites for hydroxylation is 1. The molecule has 4 aromatic rings. The van der Waals surface area contributed by atoms with Gasteiger partial charge in [-0.25, -0.2) is 4.68 Å². The average Bonchev–Trinajstić information content (AvgIpc) is 3.29. The van der Waals surface area contributed by atoms with Crippen LogP contribution in [0.5, 0.6) is 0 Å². The van der Waals surface area contributed by atoms with Gasteiger partial charge in [-0.1, -0.05) is 53.7 Å². The molecule has 0 saturated carbocycles. The Bertz CT molecular complexity index is 1570. The molecule has 0 bridgehead atoms. The highest BCUT2D eigenvalue weighted by molar-refractivity contribution is 7.98. The molecular weight excluding hydrogens is 524 g/mol. The van der Waals surface area contributed by atoms with Crippen LogP contribution in [-0.2, 0) is 10.5 Å². The summed E-state index contributed by atoms with van der Waals surface area (Å²) in [5.74, 6) is 0.730. The lowest BCUT2D eigenvalue weighted by molar-refractivity contribution is -0.384. The maximum atomic E-state index is 13.6. The summed E-state index contributed by atoms with van der Waals surface area (Å²) >= 11 is 7.73. The zero-order valence-corrected chi connectivity index (χ0v) is 22.1. The lowest BCUT2D eigenvalue weighted by Gasteiger charge is -2.28. The Hall–Kier alpha value is -4.15. The Kier molecular flexibility index (Phi) is 7.17. The number of hydrogen-bond acceptors (Lipinski definition) is 7. The number of carbonyl (C=O) groups is 1. The summed E-state index contributed by atoms with van der Waals surface area (Å²) in [6.07, 6.45) is 0. The number of carbonyl (C=O) groups excluding carboxylic acids is 1. The maximum absolute atomic E-state index is 13.6. The van der Waals surface area contributed by atoms with Gasteiger partial charge in [0.15, 0.2) is 0 Å². The molecule has 1 unspecified atom stereocenters. The van der Waals surface area contributed by atoms with Crippen LogP contribution in [0.3, 0.4) is 0 Å². The van der Waals surface area contributed by atoms with Gasteiger partial charge in [-0.2, -0.15) is 4.98 Å². The predicted molar refractivity (Wildman–Crippen MR) is 148 cm³/mol. The van der Waals surface area contributed by atoms with Gasteiger partial charge in [0, 0.05) is 34.3 Å². The molecule has 0 saturated heterocycles. The molecule has 2 heterocycles. The normalized spacial score (nSPS) is 14.6. The topological polar surface area (TPSA) is 115 Å². The molecule has 0 fully saturated rings. The molecule has 38 heavy (non-hydrogen) atoms. The van der Waals surface area contributed by atoms with E-state index in [-0.39, 0.29) is 11.6 Å². The number of anilines is 2. The van der Waals surface area contributed by atoms with Crippen molar-refractivity contribution < 1.29 is 9.72 Å². The van der Waals surface area contributed by atoms with E-state index in [0.717, 1.165) is 11.1 Å². The zero-order valence-electron chi connectivity index (χ0n) is 20.5. The summed E-state index contributed by atoms with van der Waals surface area (Å²) in [5, 5.41) is 23.3. The average molecular weight is 547 g/mol. The summed E-state index contributed by atoms with van der Waals surface area (Å²) in [6, 6.07) is 20.6. The second-order valence-corrected chi connectivity index (χ2v) is 10.1. The van der Waals surface area contributed by atoms with Crippen molar-refractivity contribution in [3.63, 3.8) is 0 Å². The van der Waals surface area contributed by atoms with Crippen molar-refractivity contribution in [2.45, 2.75) is 30.8 Å². The molecule has 9 nitrogen and oxygen atoms in total. The molecule has 1 aromatic heterocycles. The van der Waals surface area contributed by atoms with Crippen molar-refractivity contribution in [1.29, 1.82) is 0 Å². The highest BCUT2D eigenvalue weighted by atomic mass is 35.5. The largest absolute Gasteiger partial charge is 0.328 e. The Labute approximate surface area is 228 Å². The molecule has 11 heteroatoms. The first-order valence-corrected chi connectivity index (χ1v) is 13.1. The van der Waals surface area contributed by atoms with Gasteiger partial charge in [-0.05, 0) is 60.9 Å². The third-order valence-corrected chi connectivity index (χ3v) is 7.34. The number of allylic oxidation sites excluding steroid dienone is 1. The van der Waals surface area contributed by atoms with Crippen LogP contribution < -0.4 is 10.6 Å². The van der Waals surface area contributed by atoms with Gasteiger partial charge in [0.05, 0.1) is 10.5 Å². The van der Waals surface area contributed by atoms with Crippen LogP contribution >= 0.6 is 23.4 Å². The number of hydrogen-bond donors (Lipinski definition) is 2. The molecule has 3 aromatic carbocycles. The summed E-state index contributed by atoms with van der Waals surface area (Å²) in [6.45, 7) is 3.75. The van der Waals surface area contributed by atoms with Crippen LogP contribution in [0.2, 0.25) is 5.02 Å².